The third-order valence-electron chi connectivity index (χ3n) is 3.60. The zero-order valence-corrected chi connectivity index (χ0v) is 14.8. The SMILES string of the molecule is CC(Cl)C(=O)NCc1ccc(-c2nc(-c3ccccc3)cs2)cc1. The maximum atomic E-state index is 11.5. The number of nitrogens with one attached hydrogen (secondary N) is 1. The van der Waals surface area contributed by atoms with Crippen LogP contribution in [0.5, 0.6) is 0 Å². The molecule has 3 nitrogen and oxygen atoms in total. The van der Waals surface area contributed by atoms with Crippen molar-refractivity contribution in [1.29, 1.82) is 0 Å². The fourth-order valence-corrected chi connectivity index (χ4v) is 3.16. The summed E-state index contributed by atoms with van der Waals surface area (Å²) in [5, 5.41) is 5.34. The lowest BCUT2D eigenvalue weighted by Gasteiger charge is -2.07. The average molecular weight is 357 g/mol. The van der Waals surface area contributed by atoms with Crippen molar-refractivity contribution in [3.05, 3.63) is 65.5 Å². The Bertz CT molecular complexity index is 813. The van der Waals surface area contributed by atoms with Crippen LogP contribution in [-0.4, -0.2) is 16.3 Å². The van der Waals surface area contributed by atoms with E-state index in [-0.39, 0.29) is 5.91 Å². The molecule has 0 saturated carbocycles. The van der Waals surface area contributed by atoms with E-state index in [2.05, 4.69) is 22.8 Å². The van der Waals surface area contributed by atoms with E-state index >= 15 is 0 Å². The summed E-state index contributed by atoms with van der Waals surface area (Å²) in [6.45, 7) is 2.13. The van der Waals surface area contributed by atoms with Crippen LogP contribution >= 0.6 is 22.9 Å². The van der Waals surface area contributed by atoms with Crippen LogP contribution in [-0.2, 0) is 11.3 Å². The fourth-order valence-electron chi connectivity index (χ4n) is 2.24. The molecule has 0 aliphatic rings. The smallest absolute Gasteiger partial charge is 0.238 e. The summed E-state index contributed by atoms with van der Waals surface area (Å²) in [6, 6.07) is 18.2. The molecule has 1 heterocycles. The van der Waals surface area contributed by atoms with Crippen molar-refractivity contribution in [2.24, 2.45) is 0 Å². The third-order valence-corrected chi connectivity index (χ3v) is 4.69. The predicted octanol–water partition coefficient (Wildman–Crippen LogP) is 4.72. The van der Waals surface area contributed by atoms with Gasteiger partial charge in [-0.15, -0.1) is 22.9 Å². The molecule has 1 N–H and O–H groups in total. The lowest BCUT2D eigenvalue weighted by atomic mass is 10.1. The first-order valence-electron chi connectivity index (χ1n) is 7.65. The molecule has 3 aromatic rings. The number of benzene rings is 2. The van der Waals surface area contributed by atoms with E-state index < -0.39 is 5.38 Å². The molecule has 5 heteroatoms. The van der Waals surface area contributed by atoms with Crippen LogP contribution in [0, 0.1) is 0 Å². The van der Waals surface area contributed by atoms with Crippen molar-refractivity contribution in [2.75, 3.05) is 0 Å². The monoisotopic (exact) mass is 356 g/mol. The number of hydrogen-bond donors (Lipinski definition) is 1. The summed E-state index contributed by atoms with van der Waals surface area (Å²) >= 11 is 7.36. The molecule has 0 saturated heterocycles. The molecule has 0 radical (unpaired) electrons. The van der Waals surface area contributed by atoms with Crippen LogP contribution in [0.3, 0.4) is 0 Å². The Balaban J connectivity index is 1.70. The number of thiazole rings is 1. The Morgan fingerprint density at radius 1 is 1.12 bits per heavy atom. The number of nitrogens with zero attached hydrogens (tertiary/aromatic N) is 1. The van der Waals surface area contributed by atoms with E-state index in [0.29, 0.717) is 6.54 Å². The number of carbonyl (C=O) groups excluding carboxylic acids is 1. The molecular weight excluding hydrogens is 340 g/mol. The van der Waals surface area contributed by atoms with E-state index in [0.717, 1.165) is 27.4 Å². The number of halogens is 1. The summed E-state index contributed by atoms with van der Waals surface area (Å²) in [7, 11) is 0. The summed E-state index contributed by atoms with van der Waals surface area (Å²) in [5.41, 5.74) is 4.21. The summed E-state index contributed by atoms with van der Waals surface area (Å²) in [6.07, 6.45) is 0. The Hall–Kier alpha value is -2.17. The molecule has 122 valence electrons. The molecule has 1 aromatic heterocycles. The van der Waals surface area contributed by atoms with Gasteiger partial charge in [0.2, 0.25) is 5.91 Å². The predicted molar refractivity (Wildman–Crippen MR) is 100 cm³/mol. The highest BCUT2D eigenvalue weighted by Crippen LogP contribution is 2.28. The van der Waals surface area contributed by atoms with E-state index in [1.54, 1.807) is 18.3 Å². The molecule has 0 aliphatic heterocycles. The molecule has 0 spiro atoms. The van der Waals surface area contributed by atoms with Crippen LogP contribution in [0.4, 0.5) is 0 Å². The van der Waals surface area contributed by atoms with Gasteiger partial charge in [-0.1, -0.05) is 54.6 Å². The average Bonchev–Trinajstić information content (AvgIpc) is 3.11. The lowest BCUT2D eigenvalue weighted by molar-refractivity contribution is -0.120. The van der Waals surface area contributed by atoms with E-state index in [1.165, 1.54) is 0 Å². The first kappa shape index (κ1) is 16.7. The van der Waals surface area contributed by atoms with Crippen LogP contribution < -0.4 is 5.32 Å². The first-order chi connectivity index (χ1) is 11.6. The Morgan fingerprint density at radius 2 is 1.83 bits per heavy atom. The quantitative estimate of drug-likeness (QED) is 0.672. The number of hydrogen-bond acceptors (Lipinski definition) is 3. The van der Waals surface area contributed by atoms with Gasteiger partial charge in [-0.05, 0) is 12.5 Å². The van der Waals surface area contributed by atoms with Gasteiger partial charge < -0.3 is 5.32 Å². The molecule has 24 heavy (non-hydrogen) atoms. The zero-order valence-electron chi connectivity index (χ0n) is 13.2. The van der Waals surface area contributed by atoms with Gasteiger partial charge in [0.05, 0.1) is 5.69 Å². The van der Waals surface area contributed by atoms with Crippen LogP contribution in [0.2, 0.25) is 0 Å². The van der Waals surface area contributed by atoms with Crippen LogP contribution in [0.1, 0.15) is 12.5 Å². The molecule has 1 atom stereocenters. The van der Waals surface area contributed by atoms with Crippen LogP contribution in [0.25, 0.3) is 21.8 Å². The van der Waals surface area contributed by atoms with Gasteiger partial charge in [0.1, 0.15) is 10.4 Å². The standard InChI is InChI=1S/C19H17ClN2OS/c1-13(20)18(23)21-11-14-7-9-16(10-8-14)19-22-17(12-24-19)15-5-3-2-4-6-15/h2-10,12-13H,11H2,1H3,(H,21,23). The zero-order chi connectivity index (χ0) is 16.9. The summed E-state index contributed by atoms with van der Waals surface area (Å²) < 4.78 is 0. The van der Waals surface area contributed by atoms with E-state index in [9.17, 15) is 4.79 Å². The van der Waals surface area contributed by atoms with Crippen molar-refractivity contribution in [1.82, 2.24) is 10.3 Å². The number of amides is 1. The fraction of sp³-hybridized carbons (Fsp3) is 0.158. The highest BCUT2D eigenvalue weighted by molar-refractivity contribution is 7.13. The Labute approximate surface area is 150 Å². The van der Waals surface area contributed by atoms with Crippen molar-refractivity contribution in [2.45, 2.75) is 18.8 Å². The van der Waals surface area contributed by atoms with Gasteiger partial charge in [0.25, 0.3) is 0 Å². The van der Waals surface area contributed by atoms with Crippen molar-refractivity contribution >= 4 is 28.8 Å². The number of carbonyl (C=O) groups is 1. The summed E-state index contributed by atoms with van der Waals surface area (Å²) in [5.74, 6) is -0.159. The molecule has 1 amide bonds. The topological polar surface area (TPSA) is 42.0 Å². The van der Waals surface area contributed by atoms with Gasteiger partial charge in [-0.3, -0.25) is 4.79 Å². The van der Waals surface area contributed by atoms with Crippen molar-refractivity contribution < 1.29 is 4.79 Å². The number of alkyl halides is 1. The van der Waals surface area contributed by atoms with Gasteiger partial charge in [-0.25, -0.2) is 4.98 Å². The van der Waals surface area contributed by atoms with Crippen molar-refractivity contribution in [3.63, 3.8) is 0 Å². The Morgan fingerprint density at radius 3 is 2.50 bits per heavy atom. The van der Waals surface area contributed by atoms with E-state index in [4.69, 9.17) is 16.6 Å². The van der Waals surface area contributed by atoms with Gasteiger partial charge in [0.15, 0.2) is 0 Å². The number of rotatable bonds is 5. The lowest BCUT2D eigenvalue weighted by Crippen LogP contribution is -2.28. The molecule has 0 aliphatic carbocycles. The normalized spacial score (nSPS) is 11.9. The summed E-state index contributed by atoms with van der Waals surface area (Å²) in [4.78, 5) is 16.2. The second-order valence-corrected chi connectivity index (χ2v) is 6.95. The number of aromatic nitrogens is 1. The molecular formula is C19H17ClN2OS. The van der Waals surface area contributed by atoms with E-state index in [1.807, 2.05) is 42.5 Å². The molecule has 1 unspecified atom stereocenters. The molecule has 0 fully saturated rings. The minimum absolute atomic E-state index is 0.159. The third kappa shape index (κ3) is 4.02. The highest BCUT2D eigenvalue weighted by Gasteiger charge is 2.09. The Kier molecular flexibility index (Phi) is 5.28. The second-order valence-electron chi connectivity index (χ2n) is 5.43. The largest absolute Gasteiger partial charge is 0.351 e. The van der Waals surface area contributed by atoms with Gasteiger partial charge >= 0.3 is 0 Å². The molecule has 2 aromatic carbocycles. The van der Waals surface area contributed by atoms with Gasteiger partial charge in [-0.2, -0.15) is 0 Å². The minimum Gasteiger partial charge on any atom is -0.351 e. The maximum absolute atomic E-state index is 11.5. The highest BCUT2D eigenvalue weighted by atomic mass is 35.5. The molecule has 0 bridgehead atoms. The first-order valence-corrected chi connectivity index (χ1v) is 8.97. The maximum Gasteiger partial charge on any atom is 0.238 e. The minimum atomic E-state index is -0.518. The second kappa shape index (κ2) is 7.60. The van der Waals surface area contributed by atoms with Gasteiger partial charge in [0, 0.05) is 23.1 Å². The van der Waals surface area contributed by atoms with Crippen LogP contribution in [0.15, 0.2) is 60.0 Å². The molecule has 3 rings (SSSR count). The van der Waals surface area contributed by atoms with Crippen molar-refractivity contribution in [3.8, 4) is 21.8 Å².